The van der Waals surface area contributed by atoms with Crippen LogP contribution in [0.1, 0.15) is 40.0 Å². The maximum absolute atomic E-state index is 12.3. The van der Waals surface area contributed by atoms with E-state index in [-0.39, 0.29) is 24.7 Å². The maximum atomic E-state index is 12.3. The average molecular weight is 284 g/mol. The van der Waals surface area contributed by atoms with Gasteiger partial charge in [-0.3, -0.25) is 9.69 Å². The predicted molar refractivity (Wildman–Crippen MR) is 73.6 cm³/mol. The molecule has 114 valence electrons. The molecule has 0 radical (unpaired) electrons. The van der Waals surface area contributed by atoms with E-state index in [0.29, 0.717) is 6.54 Å². The molecule has 2 rings (SSSR count). The van der Waals surface area contributed by atoms with Crippen molar-refractivity contribution in [2.24, 2.45) is 0 Å². The summed E-state index contributed by atoms with van der Waals surface area (Å²) in [6.45, 7) is 6.98. The first-order valence-corrected chi connectivity index (χ1v) is 7.22. The summed E-state index contributed by atoms with van der Waals surface area (Å²) in [5.74, 6) is -0.819. The lowest BCUT2D eigenvalue weighted by Crippen LogP contribution is -2.46. The van der Waals surface area contributed by atoms with E-state index in [1.807, 2.05) is 30.6 Å². The first-order chi connectivity index (χ1) is 9.26. The van der Waals surface area contributed by atoms with Gasteiger partial charge in [0.2, 0.25) is 0 Å². The number of hydrogen-bond donors (Lipinski definition) is 1. The molecular weight excluding hydrogens is 260 g/mol. The highest BCUT2D eigenvalue weighted by molar-refractivity contribution is 5.70. The van der Waals surface area contributed by atoms with E-state index in [1.54, 1.807) is 0 Å². The van der Waals surface area contributed by atoms with Crippen molar-refractivity contribution in [1.82, 2.24) is 9.80 Å². The Bertz CT molecular complexity index is 387. The molecule has 1 atom stereocenters. The van der Waals surface area contributed by atoms with Crippen molar-refractivity contribution in [2.45, 2.75) is 57.7 Å². The zero-order valence-corrected chi connectivity index (χ0v) is 12.5. The van der Waals surface area contributed by atoms with Crippen molar-refractivity contribution in [3.8, 4) is 0 Å². The molecule has 6 nitrogen and oxygen atoms in total. The van der Waals surface area contributed by atoms with Gasteiger partial charge >= 0.3 is 12.1 Å². The van der Waals surface area contributed by atoms with Crippen molar-refractivity contribution < 1.29 is 19.4 Å². The Balaban J connectivity index is 1.96. The van der Waals surface area contributed by atoms with Crippen molar-refractivity contribution in [3.63, 3.8) is 0 Å². The zero-order valence-electron chi connectivity index (χ0n) is 12.5. The van der Waals surface area contributed by atoms with E-state index in [2.05, 4.69) is 0 Å². The minimum Gasteiger partial charge on any atom is -0.480 e. The second-order valence-electron chi connectivity index (χ2n) is 6.69. The van der Waals surface area contributed by atoms with Crippen LogP contribution < -0.4 is 0 Å². The number of hydrogen-bond acceptors (Lipinski definition) is 4. The number of nitrogens with zero attached hydrogens (tertiary/aromatic N) is 2. The van der Waals surface area contributed by atoms with E-state index < -0.39 is 11.6 Å². The normalized spacial score (nSPS) is 23.6. The third kappa shape index (κ3) is 4.10. The molecule has 0 spiro atoms. The lowest BCUT2D eigenvalue weighted by Gasteiger charge is -2.31. The van der Waals surface area contributed by atoms with E-state index in [1.165, 1.54) is 0 Å². The number of carboxylic acids is 1. The number of aliphatic carboxylic acids is 1. The van der Waals surface area contributed by atoms with Crippen LogP contribution in [-0.2, 0) is 9.53 Å². The van der Waals surface area contributed by atoms with Crippen LogP contribution >= 0.6 is 0 Å². The molecule has 0 bridgehead atoms. The van der Waals surface area contributed by atoms with Crippen LogP contribution in [0, 0.1) is 0 Å². The number of rotatable bonds is 4. The van der Waals surface area contributed by atoms with Crippen LogP contribution in [-0.4, -0.2) is 64.3 Å². The lowest BCUT2D eigenvalue weighted by molar-refractivity contribution is -0.138. The number of amides is 1. The third-order valence-corrected chi connectivity index (χ3v) is 3.54. The van der Waals surface area contributed by atoms with E-state index in [9.17, 15) is 9.59 Å². The van der Waals surface area contributed by atoms with Crippen LogP contribution in [0.3, 0.4) is 0 Å². The summed E-state index contributed by atoms with van der Waals surface area (Å²) in [6.07, 6.45) is 2.61. The highest BCUT2D eigenvalue weighted by Gasteiger charge is 2.42. The van der Waals surface area contributed by atoms with Crippen molar-refractivity contribution in [3.05, 3.63) is 0 Å². The molecule has 6 heteroatoms. The van der Waals surface area contributed by atoms with Gasteiger partial charge in [-0.25, -0.2) is 4.79 Å². The van der Waals surface area contributed by atoms with Gasteiger partial charge in [0.05, 0.1) is 6.54 Å². The fourth-order valence-electron chi connectivity index (χ4n) is 2.64. The van der Waals surface area contributed by atoms with Gasteiger partial charge in [0.15, 0.2) is 0 Å². The number of carbonyl (C=O) groups excluding carboxylic acids is 1. The number of ether oxygens (including phenoxy) is 1. The third-order valence-electron chi connectivity index (χ3n) is 3.54. The fourth-order valence-corrected chi connectivity index (χ4v) is 2.64. The smallest absolute Gasteiger partial charge is 0.410 e. The molecule has 0 unspecified atom stereocenters. The Morgan fingerprint density at radius 1 is 1.25 bits per heavy atom. The van der Waals surface area contributed by atoms with Gasteiger partial charge in [-0.1, -0.05) is 0 Å². The van der Waals surface area contributed by atoms with E-state index in [4.69, 9.17) is 9.84 Å². The van der Waals surface area contributed by atoms with Crippen LogP contribution in [0.15, 0.2) is 0 Å². The van der Waals surface area contributed by atoms with Gasteiger partial charge in [0, 0.05) is 25.2 Å². The Kier molecular flexibility index (Phi) is 4.22. The number of likely N-dealkylation sites (tertiary alicyclic amines) is 1. The van der Waals surface area contributed by atoms with E-state index in [0.717, 1.165) is 25.8 Å². The average Bonchev–Trinajstić information content (AvgIpc) is 2.97. The lowest BCUT2D eigenvalue weighted by atomic mass is 10.2. The predicted octanol–water partition coefficient (Wildman–Crippen LogP) is 1.54. The summed E-state index contributed by atoms with van der Waals surface area (Å²) in [5, 5.41) is 8.84. The summed E-state index contributed by atoms with van der Waals surface area (Å²) < 4.78 is 5.48. The Labute approximate surface area is 119 Å². The monoisotopic (exact) mass is 284 g/mol. The van der Waals surface area contributed by atoms with Gasteiger partial charge in [0.1, 0.15) is 5.60 Å². The van der Waals surface area contributed by atoms with Crippen LogP contribution in [0.4, 0.5) is 4.79 Å². The van der Waals surface area contributed by atoms with E-state index >= 15 is 0 Å². The molecule has 0 aromatic rings. The van der Waals surface area contributed by atoms with Gasteiger partial charge in [-0.2, -0.15) is 0 Å². The molecule has 1 saturated heterocycles. The number of carboxylic acid groups (broad SMARTS) is 1. The molecule has 0 aromatic heterocycles. The highest BCUT2D eigenvalue weighted by Crippen LogP contribution is 2.32. The molecule has 1 N–H and O–H groups in total. The molecule has 2 fully saturated rings. The molecule has 1 amide bonds. The van der Waals surface area contributed by atoms with Crippen molar-refractivity contribution >= 4 is 12.1 Å². The molecular formula is C14H24N2O4. The summed E-state index contributed by atoms with van der Waals surface area (Å²) in [7, 11) is 0. The Morgan fingerprint density at radius 2 is 1.90 bits per heavy atom. The molecule has 2 aliphatic rings. The molecule has 20 heavy (non-hydrogen) atoms. The second-order valence-corrected chi connectivity index (χ2v) is 6.69. The summed E-state index contributed by atoms with van der Waals surface area (Å²) >= 11 is 0. The summed E-state index contributed by atoms with van der Waals surface area (Å²) in [4.78, 5) is 26.8. The summed E-state index contributed by atoms with van der Waals surface area (Å²) in [6, 6.07) is 0.358. The first-order valence-electron chi connectivity index (χ1n) is 7.22. The molecule has 1 heterocycles. The molecule has 0 aromatic carbocycles. The van der Waals surface area contributed by atoms with Gasteiger partial charge in [0.25, 0.3) is 0 Å². The minimum absolute atomic E-state index is 0.0450. The quantitative estimate of drug-likeness (QED) is 0.848. The zero-order chi connectivity index (χ0) is 14.9. The van der Waals surface area contributed by atoms with Crippen LogP contribution in [0.25, 0.3) is 0 Å². The maximum Gasteiger partial charge on any atom is 0.410 e. The van der Waals surface area contributed by atoms with Crippen molar-refractivity contribution in [2.75, 3.05) is 19.6 Å². The summed E-state index contributed by atoms with van der Waals surface area (Å²) in [5.41, 5.74) is -0.496. The fraction of sp³-hybridized carbons (Fsp3) is 0.857. The van der Waals surface area contributed by atoms with Gasteiger partial charge < -0.3 is 14.7 Å². The molecule has 1 aliphatic carbocycles. The minimum atomic E-state index is -0.819. The second kappa shape index (κ2) is 5.60. The molecule has 1 saturated carbocycles. The van der Waals surface area contributed by atoms with Crippen LogP contribution in [0.5, 0.6) is 0 Å². The Hall–Kier alpha value is -1.30. The number of carbonyl (C=O) groups is 2. The topological polar surface area (TPSA) is 70.1 Å². The van der Waals surface area contributed by atoms with Crippen LogP contribution in [0.2, 0.25) is 0 Å². The standard InChI is InChI=1S/C14H24N2O4/c1-14(2,3)20-13(19)16(10-4-5-10)11-6-7-15(8-11)9-12(17)18/h10-11H,4-9H2,1-3H3,(H,17,18)/t11-/m0/s1. The van der Waals surface area contributed by atoms with Crippen molar-refractivity contribution in [1.29, 1.82) is 0 Å². The Morgan fingerprint density at radius 3 is 2.40 bits per heavy atom. The highest BCUT2D eigenvalue weighted by atomic mass is 16.6. The first kappa shape index (κ1) is 15.1. The SMILES string of the molecule is CC(C)(C)OC(=O)N(C1CC1)[C@H]1CCN(CC(=O)O)C1. The largest absolute Gasteiger partial charge is 0.480 e. The molecule has 1 aliphatic heterocycles. The van der Waals surface area contributed by atoms with Gasteiger partial charge in [-0.05, 0) is 40.0 Å². The van der Waals surface area contributed by atoms with Gasteiger partial charge in [-0.15, -0.1) is 0 Å².